The number of nitrogens with one attached hydrogen (secondary N) is 2. The highest BCUT2D eigenvalue weighted by Gasteiger charge is 2.07. The molecule has 0 spiro atoms. The lowest BCUT2D eigenvalue weighted by atomic mass is 10.1. The molecule has 1 fully saturated rings. The van der Waals surface area contributed by atoms with Gasteiger partial charge in [0.05, 0.1) is 11.9 Å². The zero-order valence-electron chi connectivity index (χ0n) is 17.2. The minimum atomic E-state index is -0.178. The molecule has 1 aliphatic rings. The van der Waals surface area contributed by atoms with E-state index in [1.807, 2.05) is 19.9 Å². The highest BCUT2D eigenvalue weighted by atomic mass is 19.1. The Labute approximate surface area is 175 Å². The average Bonchev–Trinajstić information content (AvgIpc) is 3.49. The van der Waals surface area contributed by atoms with Crippen LogP contribution < -0.4 is 0 Å². The summed E-state index contributed by atoms with van der Waals surface area (Å²) in [6, 6.07) is 14.1. The van der Waals surface area contributed by atoms with E-state index in [1.54, 1.807) is 29.3 Å². The van der Waals surface area contributed by atoms with E-state index >= 15 is 0 Å². The van der Waals surface area contributed by atoms with Gasteiger partial charge in [-0.3, -0.25) is 9.89 Å². The van der Waals surface area contributed by atoms with Crippen LogP contribution in [0, 0.1) is 19.7 Å². The molecule has 30 heavy (non-hydrogen) atoms. The van der Waals surface area contributed by atoms with Gasteiger partial charge in [0, 0.05) is 35.4 Å². The second-order valence-electron chi connectivity index (χ2n) is 7.14. The standard InChI is InChI=1S/C12H12N4.C6H5F.C5H9NO/c1-7-5-9-3-4-11(15-12(9)14-7)10-6-13-16-8(10)2;7-6-4-2-1-3-5-6;7-5-6-3-1-2-4-6/h3-6H,1-2H3,(H,13,16)(H,14,15);1-5H;5H,1-4H2. The summed E-state index contributed by atoms with van der Waals surface area (Å²) in [5.41, 5.74) is 5.09. The molecule has 4 heterocycles. The fourth-order valence-corrected chi connectivity index (χ4v) is 3.16. The van der Waals surface area contributed by atoms with Crippen LogP contribution in [0.3, 0.4) is 0 Å². The van der Waals surface area contributed by atoms with Crippen molar-refractivity contribution in [3.05, 3.63) is 71.9 Å². The van der Waals surface area contributed by atoms with E-state index in [4.69, 9.17) is 0 Å². The van der Waals surface area contributed by atoms with E-state index in [0.717, 1.165) is 53.2 Å². The van der Waals surface area contributed by atoms with E-state index in [0.29, 0.717) is 0 Å². The lowest BCUT2D eigenvalue weighted by Crippen LogP contribution is -2.15. The minimum Gasteiger partial charge on any atom is -0.345 e. The Kier molecular flexibility index (Phi) is 7.32. The molecule has 4 aromatic rings. The molecule has 7 heteroatoms. The number of amides is 1. The topological polar surface area (TPSA) is 77.7 Å². The second kappa shape index (κ2) is 10.3. The van der Waals surface area contributed by atoms with Crippen molar-refractivity contribution in [2.45, 2.75) is 26.7 Å². The third-order valence-corrected chi connectivity index (χ3v) is 4.74. The van der Waals surface area contributed by atoms with Crippen molar-refractivity contribution in [1.82, 2.24) is 25.1 Å². The fraction of sp³-hybridized carbons (Fsp3) is 0.261. The van der Waals surface area contributed by atoms with E-state index in [1.165, 1.54) is 25.0 Å². The summed E-state index contributed by atoms with van der Waals surface area (Å²) in [5.74, 6) is -0.178. The van der Waals surface area contributed by atoms with Gasteiger partial charge >= 0.3 is 0 Å². The van der Waals surface area contributed by atoms with Crippen molar-refractivity contribution in [1.29, 1.82) is 0 Å². The number of hydrogen-bond donors (Lipinski definition) is 2. The highest BCUT2D eigenvalue weighted by Crippen LogP contribution is 2.22. The summed E-state index contributed by atoms with van der Waals surface area (Å²) >= 11 is 0. The number of fused-ring (bicyclic) bond motifs is 1. The Morgan fingerprint density at radius 3 is 2.33 bits per heavy atom. The molecule has 2 N–H and O–H groups in total. The molecule has 156 valence electrons. The summed E-state index contributed by atoms with van der Waals surface area (Å²) in [6.07, 6.45) is 5.11. The molecule has 0 radical (unpaired) electrons. The number of likely N-dealkylation sites (tertiary alicyclic amines) is 1. The predicted octanol–water partition coefficient (Wildman–Crippen LogP) is 4.63. The molecular weight excluding hydrogens is 381 g/mol. The maximum absolute atomic E-state index is 11.9. The summed E-state index contributed by atoms with van der Waals surface area (Å²) in [7, 11) is 0. The summed E-state index contributed by atoms with van der Waals surface area (Å²) in [5, 5.41) is 8.07. The van der Waals surface area contributed by atoms with Crippen molar-refractivity contribution >= 4 is 17.4 Å². The number of benzene rings is 1. The second-order valence-corrected chi connectivity index (χ2v) is 7.14. The SMILES string of the molecule is Cc1cc2ccc(-c3cn[nH]c3C)nc2[nH]1.Fc1ccccc1.O=CN1CCCC1. The number of nitrogens with zero attached hydrogens (tertiary/aromatic N) is 3. The first-order valence-electron chi connectivity index (χ1n) is 9.93. The Hall–Kier alpha value is -3.48. The number of aryl methyl sites for hydroxylation is 2. The number of aromatic nitrogens is 4. The smallest absolute Gasteiger partial charge is 0.209 e. The highest BCUT2D eigenvalue weighted by molar-refractivity contribution is 5.80. The van der Waals surface area contributed by atoms with E-state index < -0.39 is 0 Å². The molecular formula is C23H26FN5O. The number of hydrogen-bond acceptors (Lipinski definition) is 3. The molecule has 0 bridgehead atoms. The number of carbonyl (C=O) groups is 1. The largest absolute Gasteiger partial charge is 0.345 e. The van der Waals surface area contributed by atoms with Crippen LogP contribution in [-0.2, 0) is 4.79 Å². The first kappa shape index (κ1) is 21.2. The van der Waals surface area contributed by atoms with Gasteiger partial charge in [0.2, 0.25) is 6.41 Å². The molecule has 6 nitrogen and oxygen atoms in total. The first-order valence-corrected chi connectivity index (χ1v) is 9.93. The lowest BCUT2D eigenvalue weighted by Gasteiger charge is -2.03. The van der Waals surface area contributed by atoms with Gasteiger partial charge in [-0.15, -0.1) is 0 Å². The number of aromatic amines is 2. The van der Waals surface area contributed by atoms with Crippen LogP contribution in [0.1, 0.15) is 24.2 Å². The summed E-state index contributed by atoms with van der Waals surface area (Å²) in [4.78, 5) is 19.6. The third-order valence-electron chi connectivity index (χ3n) is 4.74. The van der Waals surface area contributed by atoms with Gasteiger partial charge in [0.25, 0.3) is 0 Å². The van der Waals surface area contributed by atoms with Crippen molar-refractivity contribution in [2.24, 2.45) is 0 Å². The molecule has 0 saturated carbocycles. The Morgan fingerprint density at radius 1 is 1.07 bits per heavy atom. The Balaban J connectivity index is 0.000000152. The van der Waals surface area contributed by atoms with Crippen molar-refractivity contribution in [3.63, 3.8) is 0 Å². The molecule has 0 atom stereocenters. The van der Waals surface area contributed by atoms with Gasteiger partial charge in [-0.2, -0.15) is 5.10 Å². The number of rotatable bonds is 2. The van der Waals surface area contributed by atoms with Gasteiger partial charge in [-0.05, 0) is 57.0 Å². The Morgan fingerprint density at radius 2 is 1.80 bits per heavy atom. The van der Waals surface area contributed by atoms with E-state index in [9.17, 15) is 9.18 Å². The summed E-state index contributed by atoms with van der Waals surface area (Å²) < 4.78 is 11.9. The van der Waals surface area contributed by atoms with Crippen LogP contribution in [0.25, 0.3) is 22.3 Å². The number of pyridine rings is 1. The van der Waals surface area contributed by atoms with Crippen molar-refractivity contribution in [2.75, 3.05) is 13.1 Å². The fourth-order valence-electron chi connectivity index (χ4n) is 3.16. The third kappa shape index (κ3) is 5.76. The van der Waals surface area contributed by atoms with Gasteiger partial charge in [0.1, 0.15) is 11.5 Å². The van der Waals surface area contributed by atoms with Crippen LogP contribution in [-0.4, -0.2) is 44.6 Å². The van der Waals surface area contributed by atoms with E-state index in [2.05, 4.69) is 32.3 Å². The van der Waals surface area contributed by atoms with Crippen LogP contribution >= 0.6 is 0 Å². The number of H-pyrrole nitrogens is 2. The average molecular weight is 407 g/mol. The summed E-state index contributed by atoms with van der Waals surface area (Å²) in [6.45, 7) is 5.98. The molecule has 1 amide bonds. The van der Waals surface area contributed by atoms with Crippen LogP contribution in [0.5, 0.6) is 0 Å². The molecule has 0 unspecified atom stereocenters. The monoisotopic (exact) mass is 407 g/mol. The molecule has 3 aromatic heterocycles. The predicted molar refractivity (Wildman–Crippen MR) is 116 cm³/mol. The van der Waals surface area contributed by atoms with Gasteiger partial charge in [-0.1, -0.05) is 18.2 Å². The number of halogens is 1. The zero-order valence-corrected chi connectivity index (χ0v) is 17.2. The maximum Gasteiger partial charge on any atom is 0.209 e. The van der Waals surface area contributed by atoms with Crippen molar-refractivity contribution in [3.8, 4) is 11.3 Å². The van der Waals surface area contributed by atoms with Crippen LogP contribution in [0.15, 0.2) is 54.7 Å². The molecule has 0 aliphatic carbocycles. The maximum atomic E-state index is 11.9. The lowest BCUT2D eigenvalue weighted by molar-refractivity contribution is -0.117. The molecule has 1 aromatic carbocycles. The quantitative estimate of drug-likeness (QED) is 0.476. The van der Waals surface area contributed by atoms with E-state index in [-0.39, 0.29) is 5.82 Å². The number of carbonyl (C=O) groups excluding carboxylic acids is 1. The first-order chi connectivity index (χ1) is 14.6. The van der Waals surface area contributed by atoms with Crippen LogP contribution in [0.4, 0.5) is 4.39 Å². The zero-order chi connectivity index (χ0) is 21.3. The van der Waals surface area contributed by atoms with Crippen LogP contribution in [0.2, 0.25) is 0 Å². The van der Waals surface area contributed by atoms with Gasteiger partial charge in [0.15, 0.2) is 0 Å². The van der Waals surface area contributed by atoms with Gasteiger partial charge < -0.3 is 9.88 Å². The van der Waals surface area contributed by atoms with Crippen molar-refractivity contribution < 1.29 is 9.18 Å². The Bertz CT molecular complexity index is 1070. The van der Waals surface area contributed by atoms with Gasteiger partial charge in [-0.25, -0.2) is 9.37 Å². The normalized spacial score (nSPS) is 12.7. The minimum absolute atomic E-state index is 0.178. The molecule has 1 aliphatic heterocycles. The molecule has 1 saturated heterocycles. The molecule has 5 rings (SSSR count).